The van der Waals surface area contributed by atoms with Crippen molar-refractivity contribution >= 4 is 61.0 Å². The van der Waals surface area contributed by atoms with E-state index in [-0.39, 0.29) is 0 Å². The van der Waals surface area contributed by atoms with E-state index >= 15 is 0 Å². The van der Waals surface area contributed by atoms with E-state index < -0.39 is 0 Å². The molecule has 0 unspecified atom stereocenters. The van der Waals surface area contributed by atoms with Crippen molar-refractivity contribution in [1.29, 1.82) is 0 Å². The zero-order valence-corrected chi connectivity index (χ0v) is 30.5. The molecule has 9 aromatic rings. The van der Waals surface area contributed by atoms with Crippen molar-refractivity contribution in [3.05, 3.63) is 231 Å². The Balaban J connectivity index is 1.05. The molecule has 9 rings (SSSR count). The SMILES string of the molecule is C=C/C=C(\C=C)N(c1ccccc1)c1ccc(N(c2ccccc2)c2ccc(-c3ccc(-n4c5ccccc5c5cc6ccccc6cc54)cc3)cc2)cc1. The Hall–Kier alpha value is -7.36. The number of fused-ring (bicyclic) bond motifs is 4. The molecule has 8 aromatic carbocycles. The van der Waals surface area contributed by atoms with Gasteiger partial charge in [0, 0.05) is 50.6 Å². The third kappa shape index (κ3) is 6.28. The van der Waals surface area contributed by atoms with E-state index in [1.807, 2.05) is 30.4 Å². The van der Waals surface area contributed by atoms with E-state index in [1.54, 1.807) is 6.08 Å². The van der Waals surface area contributed by atoms with E-state index in [2.05, 4.69) is 203 Å². The summed E-state index contributed by atoms with van der Waals surface area (Å²) >= 11 is 0. The maximum Gasteiger partial charge on any atom is 0.0547 e. The number of anilines is 5. The van der Waals surface area contributed by atoms with Gasteiger partial charge in [-0.1, -0.05) is 122 Å². The Morgan fingerprint density at radius 2 is 0.927 bits per heavy atom. The lowest BCUT2D eigenvalue weighted by atomic mass is 10.0. The quantitative estimate of drug-likeness (QED) is 0.131. The van der Waals surface area contributed by atoms with Crippen LogP contribution < -0.4 is 9.80 Å². The molecule has 0 saturated carbocycles. The van der Waals surface area contributed by atoms with Gasteiger partial charge in [0.05, 0.1) is 11.0 Å². The molecule has 1 heterocycles. The average molecular weight is 706 g/mol. The van der Waals surface area contributed by atoms with Crippen molar-refractivity contribution in [3.63, 3.8) is 0 Å². The molecule has 0 aliphatic rings. The van der Waals surface area contributed by atoms with Crippen molar-refractivity contribution in [3.8, 4) is 16.8 Å². The molecule has 0 N–H and O–H groups in total. The van der Waals surface area contributed by atoms with E-state index in [4.69, 9.17) is 0 Å². The van der Waals surface area contributed by atoms with Crippen LogP contribution in [0, 0.1) is 0 Å². The van der Waals surface area contributed by atoms with Crippen LogP contribution in [0.1, 0.15) is 0 Å². The second kappa shape index (κ2) is 14.6. The molecular weight excluding hydrogens is 667 g/mol. The van der Waals surface area contributed by atoms with Gasteiger partial charge in [-0.25, -0.2) is 0 Å². The number of para-hydroxylation sites is 3. The molecule has 262 valence electrons. The van der Waals surface area contributed by atoms with Crippen LogP contribution >= 0.6 is 0 Å². The predicted octanol–water partition coefficient (Wildman–Crippen LogP) is 14.5. The first-order valence-corrected chi connectivity index (χ1v) is 18.6. The fourth-order valence-corrected chi connectivity index (χ4v) is 7.69. The van der Waals surface area contributed by atoms with E-state index in [1.165, 1.54) is 38.1 Å². The fraction of sp³-hybridized carbons (Fsp3) is 0. The normalized spacial score (nSPS) is 11.5. The minimum Gasteiger partial charge on any atom is -0.311 e. The monoisotopic (exact) mass is 705 g/mol. The van der Waals surface area contributed by atoms with Crippen LogP contribution in [0.4, 0.5) is 28.4 Å². The highest BCUT2D eigenvalue weighted by Gasteiger charge is 2.17. The largest absolute Gasteiger partial charge is 0.311 e. The molecule has 0 saturated heterocycles. The highest BCUT2D eigenvalue weighted by atomic mass is 15.2. The number of rotatable bonds is 10. The first-order valence-electron chi connectivity index (χ1n) is 18.6. The van der Waals surface area contributed by atoms with Crippen LogP contribution in [0.25, 0.3) is 49.4 Å². The molecule has 0 spiro atoms. The third-order valence-electron chi connectivity index (χ3n) is 10.3. The second-order valence-corrected chi connectivity index (χ2v) is 13.6. The summed E-state index contributed by atoms with van der Waals surface area (Å²) in [6.45, 7) is 8.02. The number of hydrogen-bond donors (Lipinski definition) is 0. The molecular formula is C52H39N3. The van der Waals surface area contributed by atoms with Crippen LogP contribution in [-0.4, -0.2) is 4.57 Å². The van der Waals surface area contributed by atoms with E-state index in [0.717, 1.165) is 45.4 Å². The van der Waals surface area contributed by atoms with Gasteiger partial charge in [-0.3, -0.25) is 0 Å². The lowest BCUT2D eigenvalue weighted by Crippen LogP contribution is -2.15. The molecule has 0 atom stereocenters. The summed E-state index contributed by atoms with van der Waals surface area (Å²) in [7, 11) is 0. The number of allylic oxidation sites excluding steroid dienone is 3. The lowest BCUT2D eigenvalue weighted by molar-refractivity contribution is 1.18. The Morgan fingerprint density at radius 3 is 1.56 bits per heavy atom. The number of aromatic nitrogens is 1. The third-order valence-corrected chi connectivity index (χ3v) is 10.3. The van der Waals surface area contributed by atoms with Crippen molar-refractivity contribution < 1.29 is 0 Å². The van der Waals surface area contributed by atoms with Gasteiger partial charge in [0.1, 0.15) is 0 Å². The van der Waals surface area contributed by atoms with Crippen LogP contribution in [0.5, 0.6) is 0 Å². The smallest absolute Gasteiger partial charge is 0.0547 e. The van der Waals surface area contributed by atoms with E-state index in [9.17, 15) is 0 Å². The molecule has 55 heavy (non-hydrogen) atoms. The highest BCUT2D eigenvalue weighted by molar-refractivity contribution is 6.13. The number of hydrogen-bond acceptors (Lipinski definition) is 2. The Morgan fingerprint density at radius 1 is 0.436 bits per heavy atom. The molecule has 0 bridgehead atoms. The average Bonchev–Trinajstić information content (AvgIpc) is 3.57. The van der Waals surface area contributed by atoms with Gasteiger partial charge in [-0.2, -0.15) is 0 Å². The van der Waals surface area contributed by atoms with Crippen LogP contribution in [0.3, 0.4) is 0 Å². The molecule has 3 heteroatoms. The molecule has 0 fully saturated rings. The van der Waals surface area contributed by atoms with Gasteiger partial charge >= 0.3 is 0 Å². The summed E-state index contributed by atoms with van der Waals surface area (Å²) in [5, 5.41) is 5.03. The van der Waals surface area contributed by atoms with Gasteiger partial charge in [0.25, 0.3) is 0 Å². The first kappa shape index (κ1) is 33.5. The van der Waals surface area contributed by atoms with Crippen LogP contribution in [0.2, 0.25) is 0 Å². The maximum atomic E-state index is 4.09. The number of benzene rings is 8. The summed E-state index contributed by atoms with van der Waals surface area (Å²) in [4.78, 5) is 4.48. The van der Waals surface area contributed by atoms with Crippen molar-refractivity contribution in [2.24, 2.45) is 0 Å². The van der Waals surface area contributed by atoms with Gasteiger partial charge in [0.2, 0.25) is 0 Å². The van der Waals surface area contributed by atoms with Crippen molar-refractivity contribution in [1.82, 2.24) is 4.57 Å². The summed E-state index contributed by atoms with van der Waals surface area (Å²) in [6, 6.07) is 69.3. The molecule has 0 aliphatic heterocycles. The lowest BCUT2D eigenvalue weighted by Gasteiger charge is -2.28. The zero-order valence-electron chi connectivity index (χ0n) is 30.5. The molecule has 0 aliphatic carbocycles. The standard InChI is InChI=1S/C52H39N3/c1-3-15-42(4-2)53(43-18-7-5-8-19-43)46-32-34-47(35-33-46)54(44-20-9-6-10-21-44)45-28-24-38(25-29-45)39-26-30-48(31-27-39)55-51-23-14-13-22-49(51)50-36-40-16-11-12-17-41(40)37-52(50)55/h3-37H,1-2H2/b42-15+. The maximum absolute atomic E-state index is 4.09. The summed E-state index contributed by atoms with van der Waals surface area (Å²) in [6.07, 6.45) is 5.63. The minimum atomic E-state index is 0.946. The van der Waals surface area contributed by atoms with Crippen LogP contribution in [-0.2, 0) is 0 Å². The van der Waals surface area contributed by atoms with Gasteiger partial charge in [0.15, 0.2) is 0 Å². The Bertz CT molecular complexity index is 2810. The second-order valence-electron chi connectivity index (χ2n) is 13.6. The van der Waals surface area contributed by atoms with Crippen LogP contribution in [0.15, 0.2) is 231 Å². The summed E-state index contributed by atoms with van der Waals surface area (Å²) in [5.41, 5.74) is 12.2. The topological polar surface area (TPSA) is 11.4 Å². The first-order chi connectivity index (χ1) is 27.2. The van der Waals surface area contributed by atoms with Crippen molar-refractivity contribution in [2.45, 2.75) is 0 Å². The van der Waals surface area contributed by atoms with Gasteiger partial charge in [-0.05, 0) is 125 Å². The molecule has 1 aromatic heterocycles. The highest BCUT2D eigenvalue weighted by Crippen LogP contribution is 2.39. The Labute approximate surface area is 322 Å². The zero-order chi connectivity index (χ0) is 37.1. The van der Waals surface area contributed by atoms with Gasteiger partial charge in [-0.15, -0.1) is 0 Å². The summed E-state index contributed by atoms with van der Waals surface area (Å²) in [5.74, 6) is 0. The fourth-order valence-electron chi connectivity index (χ4n) is 7.69. The molecule has 3 nitrogen and oxygen atoms in total. The van der Waals surface area contributed by atoms with Crippen molar-refractivity contribution in [2.75, 3.05) is 9.80 Å². The summed E-state index contributed by atoms with van der Waals surface area (Å²) < 4.78 is 2.39. The van der Waals surface area contributed by atoms with Gasteiger partial charge < -0.3 is 14.4 Å². The predicted molar refractivity (Wildman–Crippen MR) is 235 cm³/mol. The minimum absolute atomic E-state index is 0.946. The molecule has 0 radical (unpaired) electrons. The molecule has 0 amide bonds. The van der Waals surface area contributed by atoms with E-state index in [0.29, 0.717) is 0 Å². The Kier molecular flexibility index (Phi) is 8.87. The number of nitrogens with zero attached hydrogens (tertiary/aromatic N) is 3.